The van der Waals surface area contributed by atoms with Crippen molar-refractivity contribution < 1.29 is 4.79 Å². The van der Waals surface area contributed by atoms with E-state index in [1.807, 2.05) is 6.92 Å². The van der Waals surface area contributed by atoms with E-state index in [1.54, 1.807) is 0 Å². The fourth-order valence-corrected chi connectivity index (χ4v) is 2.18. The molecule has 0 aromatic carbocycles. The molecule has 0 aromatic heterocycles. The maximum Gasteiger partial charge on any atom is 0.247 e. The molecule has 0 unspecified atom stereocenters. The summed E-state index contributed by atoms with van der Waals surface area (Å²) in [6, 6.07) is 0. The minimum Gasteiger partial charge on any atom is -0.347 e. The minimum atomic E-state index is 0.121. The summed E-state index contributed by atoms with van der Waals surface area (Å²) in [4.78, 5) is 11.9. The van der Waals surface area contributed by atoms with Gasteiger partial charge in [0.15, 0.2) is 0 Å². The zero-order valence-electron chi connectivity index (χ0n) is 9.65. The van der Waals surface area contributed by atoms with Gasteiger partial charge >= 0.3 is 0 Å². The molecule has 1 aliphatic heterocycles. The van der Waals surface area contributed by atoms with Gasteiger partial charge in [-0.05, 0) is 38.2 Å². The van der Waals surface area contributed by atoms with Gasteiger partial charge in [0.05, 0.1) is 0 Å². The fraction of sp³-hybridized carbons (Fsp3) is 0.750. The van der Waals surface area contributed by atoms with Crippen LogP contribution in [-0.4, -0.2) is 24.5 Å². The van der Waals surface area contributed by atoms with E-state index < -0.39 is 0 Å². The Morgan fingerprint density at radius 3 is 2.47 bits per heavy atom. The molecular formula is C12H20N2O. The monoisotopic (exact) mass is 208 g/mol. The van der Waals surface area contributed by atoms with Crippen molar-refractivity contribution in [2.75, 3.05) is 13.1 Å². The van der Waals surface area contributed by atoms with E-state index >= 15 is 0 Å². The van der Waals surface area contributed by atoms with Gasteiger partial charge in [-0.25, -0.2) is 0 Å². The van der Waals surface area contributed by atoms with Crippen LogP contribution in [0.25, 0.3) is 0 Å². The third kappa shape index (κ3) is 1.93. The molecule has 1 heterocycles. The number of nitrogens with one attached hydrogen (secondary N) is 2. The Morgan fingerprint density at radius 1 is 1.47 bits per heavy atom. The molecule has 1 amide bonds. The van der Waals surface area contributed by atoms with E-state index in [0.29, 0.717) is 0 Å². The predicted octanol–water partition coefficient (Wildman–Crippen LogP) is 1.35. The van der Waals surface area contributed by atoms with E-state index in [-0.39, 0.29) is 11.4 Å². The lowest BCUT2D eigenvalue weighted by atomic mass is 9.74. The third-order valence-corrected chi connectivity index (χ3v) is 3.91. The van der Waals surface area contributed by atoms with E-state index in [1.165, 1.54) is 12.0 Å². The maximum absolute atomic E-state index is 11.9. The molecule has 2 fully saturated rings. The molecule has 0 atom stereocenters. The number of hydrogen-bond donors (Lipinski definition) is 2. The average molecular weight is 208 g/mol. The number of amides is 1. The molecule has 0 bridgehead atoms. The average Bonchev–Trinajstić information content (AvgIpc) is 2.08. The van der Waals surface area contributed by atoms with E-state index in [4.69, 9.17) is 0 Å². The van der Waals surface area contributed by atoms with Crippen LogP contribution in [0.4, 0.5) is 0 Å². The normalized spacial score (nSPS) is 22.7. The number of carbonyl (C=O) groups is 1. The third-order valence-electron chi connectivity index (χ3n) is 3.91. The first-order chi connectivity index (χ1) is 7.17. The summed E-state index contributed by atoms with van der Waals surface area (Å²) in [6.45, 7) is 5.87. The van der Waals surface area contributed by atoms with Crippen LogP contribution in [0.5, 0.6) is 0 Å². The highest BCUT2D eigenvalue weighted by molar-refractivity contribution is 5.94. The zero-order chi connectivity index (χ0) is 10.9. The second-order valence-electron chi connectivity index (χ2n) is 4.77. The van der Waals surface area contributed by atoms with Crippen LogP contribution in [0.15, 0.2) is 11.1 Å². The lowest BCUT2D eigenvalue weighted by molar-refractivity contribution is -0.120. The van der Waals surface area contributed by atoms with Crippen molar-refractivity contribution in [2.45, 2.75) is 45.1 Å². The van der Waals surface area contributed by atoms with Crippen molar-refractivity contribution >= 4 is 5.91 Å². The first-order valence-electron chi connectivity index (χ1n) is 5.89. The Kier molecular flexibility index (Phi) is 2.83. The maximum atomic E-state index is 11.9. The molecule has 15 heavy (non-hydrogen) atoms. The molecule has 2 rings (SSSR count). The molecular weight excluding hydrogens is 188 g/mol. The summed E-state index contributed by atoms with van der Waals surface area (Å²) in [5.74, 6) is 0.146. The van der Waals surface area contributed by atoms with Gasteiger partial charge < -0.3 is 10.6 Å². The lowest BCUT2D eigenvalue weighted by Crippen LogP contribution is -2.53. The van der Waals surface area contributed by atoms with Crippen LogP contribution in [0, 0.1) is 0 Å². The van der Waals surface area contributed by atoms with E-state index in [0.717, 1.165) is 37.9 Å². The number of carbonyl (C=O) groups excluding carboxylic acids is 1. The molecule has 0 aromatic rings. The topological polar surface area (TPSA) is 41.1 Å². The highest BCUT2D eigenvalue weighted by atomic mass is 16.1. The van der Waals surface area contributed by atoms with E-state index in [9.17, 15) is 4.79 Å². The second-order valence-corrected chi connectivity index (χ2v) is 4.77. The Bertz CT molecular complexity index is 291. The van der Waals surface area contributed by atoms with Crippen LogP contribution in [0.3, 0.4) is 0 Å². The van der Waals surface area contributed by atoms with Crippen molar-refractivity contribution in [2.24, 2.45) is 0 Å². The summed E-state index contributed by atoms with van der Waals surface area (Å²) in [5.41, 5.74) is 2.31. The number of rotatable bonds is 3. The summed E-state index contributed by atoms with van der Waals surface area (Å²) >= 11 is 0. The van der Waals surface area contributed by atoms with Crippen molar-refractivity contribution in [1.82, 2.24) is 10.6 Å². The molecule has 3 heteroatoms. The van der Waals surface area contributed by atoms with Crippen molar-refractivity contribution in [3.05, 3.63) is 11.1 Å². The summed E-state index contributed by atoms with van der Waals surface area (Å²) < 4.78 is 0. The molecule has 3 nitrogen and oxygen atoms in total. The lowest BCUT2D eigenvalue weighted by Gasteiger charge is -2.42. The zero-order valence-corrected chi connectivity index (χ0v) is 9.65. The Balaban J connectivity index is 1.97. The van der Waals surface area contributed by atoms with Gasteiger partial charge in [0.2, 0.25) is 5.91 Å². The van der Waals surface area contributed by atoms with Crippen LogP contribution >= 0.6 is 0 Å². The van der Waals surface area contributed by atoms with Crippen LogP contribution < -0.4 is 10.6 Å². The first kappa shape index (κ1) is 10.7. The van der Waals surface area contributed by atoms with Gasteiger partial charge in [-0.3, -0.25) is 4.79 Å². The Labute approximate surface area is 91.3 Å². The molecule has 84 valence electrons. The van der Waals surface area contributed by atoms with Gasteiger partial charge in [0.25, 0.3) is 0 Å². The van der Waals surface area contributed by atoms with Gasteiger partial charge in [0.1, 0.15) is 0 Å². The van der Waals surface area contributed by atoms with Crippen molar-refractivity contribution in [3.8, 4) is 0 Å². The standard InChI is InChI=1S/C12H20N2O/c1-3-12(5-4-6-12)14-11(15)9(2)10-7-13-8-10/h13H,3-8H2,1-2H3,(H,14,15). The SMILES string of the molecule is CCC1(NC(=O)C(C)=C2CNC2)CCC1. The Hall–Kier alpha value is -0.830. The van der Waals surface area contributed by atoms with Crippen LogP contribution in [0.2, 0.25) is 0 Å². The summed E-state index contributed by atoms with van der Waals surface area (Å²) in [6.07, 6.45) is 4.61. The highest BCUT2D eigenvalue weighted by Crippen LogP contribution is 2.34. The molecule has 1 saturated carbocycles. The summed E-state index contributed by atoms with van der Waals surface area (Å²) in [5, 5.41) is 6.37. The Morgan fingerprint density at radius 2 is 2.13 bits per heavy atom. The van der Waals surface area contributed by atoms with Gasteiger partial charge in [-0.1, -0.05) is 6.92 Å². The second kappa shape index (κ2) is 3.97. The van der Waals surface area contributed by atoms with Crippen molar-refractivity contribution in [3.63, 3.8) is 0 Å². The van der Waals surface area contributed by atoms with Crippen molar-refractivity contribution in [1.29, 1.82) is 0 Å². The molecule has 1 aliphatic carbocycles. The summed E-state index contributed by atoms with van der Waals surface area (Å²) in [7, 11) is 0. The quantitative estimate of drug-likeness (QED) is 0.687. The van der Waals surface area contributed by atoms with Crippen LogP contribution in [-0.2, 0) is 4.79 Å². The molecule has 2 aliphatic rings. The minimum absolute atomic E-state index is 0.121. The largest absolute Gasteiger partial charge is 0.347 e. The number of hydrogen-bond acceptors (Lipinski definition) is 2. The first-order valence-corrected chi connectivity index (χ1v) is 5.89. The molecule has 0 spiro atoms. The van der Waals surface area contributed by atoms with Gasteiger partial charge in [-0.15, -0.1) is 0 Å². The van der Waals surface area contributed by atoms with E-state index in [2.05, 4.69) is 17.6 Å². The fourth-order valence-electron chi connectivity index (χ4n) is 2.18. The van der Waals surface area contributed by atoms with Gasteiger partial charge in [-0.2, -0.15) is 0 Å². The molecule has 0 radical (unpaired) electrons. The molecule has 1 saturated heterocycles. The smallest absolute Gasteiger partial charge is 0.247 e. The van der Waals surface area contributed by atoms with Gasteiger partial charge in [0, 0.05) is 24.2 Å². The van der Waals surface area contributed by atoms with Crippen LogP contribution in [0.1, 0.15) is 39.5 Å². The predicted molar refractivity (Wildman–Crippen MR) is 60.6 cm³/mol. The highest BCUT2D eigenvalue weighted by Gasteiger charge is 2.36. The molecule has 2 N–H and O–H groups in total.